The Morgan fingerprint density at radius 3 is 2.32 bits per heavy atom. The smallest absolute Gasteiger partial charge is 0.277 e. The van der Waals surface area contributed by atoms with E-state index in [1.807, 2.05) is 47.8 Å². The second-order valence-electron chi connectivity index (χ2n) is 7.75. The molecule has 0 spiro atoms. The van der Waals surface area contributed by atoms with E-state index in [4.69, 9.17) is 32.7 Å². The third-order valence-corrected chi connectivity index (χ3v) is 8.76. The Kier molecular flexibility index (Phi) is 9.56. The monoisotopic (exact) mass is 577 g/mol. The number of amides is 1. The lowest BCUT2D eigenvalue weighted by Gasteiger charge is -2.11. The summed E-state index contributed by atoms with van der Waals surface area (Å²) in [6.07, 6.45) is 1.40. The third kappa shape index (κ3) is 7.78. The third-order valence-electron chi connectivity index (χ3n) is 5.10. The van der Waals surface area contributed by atoms with Crippen molar-refractivity contribution < 1.29 is 19.2 Å². The minimum Gasteiger partial charge on any atom is -0.486 e. The highest BCUT2D eigenvalue weighted by molar-refractivity contribution is 8.19. The van der Waals surface area contributed by atoms with Crippen molar-refractivity contribution in [3.05, 3.63) is 97.5 Å². The van der Waals surface area contributed by atoms with Crippen molar-refractivity contribution in [3.63, 3.8) is 0 Å². The Labute approximate surface area is 231 Å². The van der Waals surface area contributed by atoms with E-state index >= 15 is 0 Å². The summed E-state index contributed by atoms with van der Waals surface area (Å²) in [6.45, 7) is -0.0529. The van der Waals surface area contributed by atoms with E-state index in [0.29, 0.717) is 15.9 Å². The fourth-order valence-electron chi connectivity index (χ4n) is 3.29. The van der Waals surface area contributed by atoms with Gasteiger partial charge in [-0.05, 0) is 53.1 Å². The number of hydrogen-bond donors (Lipinski definition) is 1. The summed E-state index contributed by atoms with van der Waals surface area (Å²) in [5, 5.41) is 15.2. The van der Waals surface area contributed by atoms with E-state index in [1.165, 1.54) is 23.9 Å². The molecule has 0 radical (unpaired) electrons. The first-order chi connectivity index (χ1) is 17.9. The van der Waals surface area contributed by atoms with Crippen LogP contribution in [0.3, 0.4) is 0 Å². The molecule has 192 valence electrons. The zero-order chi connectivity index (χ0) is 26.2. The van der Waals surface area contributed by atoms with Crippen LogP contribution >= 0.6 is 46.7 Å². The average molecular weight is 578 g/mol. The molecule has 1 fully saturated rings. The Hall–Kier alpha value is -2.92. The molecule has 1 amide bonds. The van der Waals surface area contributed by atoms with Gasteiger partial charge in [0.1, 0.15) is 12.4 Å². The first-order valence-electron chi connectivity index (χ1n) is 11.0. The minimum absolute atomic E-state index is 0.00572. The molecule has 3 aromatic carbocycles. The van der Waals surface area contributed by atoms with Crippen LogP contribution in [0.5, 0.6) is 11.5 Å². The molecule has 0 saturated carbocycles. The highest BCUT2D eigenvalue weighted by Crippen LogP contribution is 2.45. The normalized spacial score (nSPS) is 13.6. The molecule has 0 bridgehead atoms. The van der Waals surface area contributed by atoms with Gasteiger partial charge in [-0.25, -0.2) is 5.43 Å². The number of hydrazone groups is 1. The van der Waals surface area contributed by atoms with Crippen LogP contribution in [0.25, 0.3) is 0 Å². The van der Waals surface area contributed by atoms with Crippen LogP contribution in [-0.4, -0.2) is 35.2 Å². The summed E-state index contributed by atoms with van der Waals surface area (Å²) in [6, 6.07) is 16.9. The number of halogens is 2. The lowest BCUT2D eigenvalue weighted by molar-refractivity contribution is -0.384. The van der Waals surface area contributed by atoms with E-state index in [2.05, 4.69) is 10.5 Å². The quantitative estimate of drug-likeness (QED) is 0.167. The average Bonchev–Trinajstić information content (AvgIpc) is 3.43. The molecule has 12 heteroatoms. The van der Waals surface area contributed by atoms with Gasteiger partial charge in [0, 0.05) is 23.6 Å². The predicted octanol–water partition coefficient (Wildman–Crippen LogP) is 6.49. The van der Waals surface area contributed by atoms with Gasteiger partial charge in [0.25, 0.3) is 11.6 Å². The van der Waals surface area contributed by atoms with Crippen molar-refractivity contribution in [1.82, 2.24) is 5.43 Å². The van der Waals surface area contributed by atoms with Gasteiger partial charge < -0.3 is 9.47 Å². The maximum absolute atomic E-state index is 12.1. The molecular weight excluding hydrogens is 557 g/mol. The van der Waals surface area contributed by atoms with Crippen LogP contribution in [0.4, 0.5) is 5.69 Å². The second kappa shape index (κ2) is 13.0. The molecule has 0 atom stereocenters. The van der Waals surface area contributed by atoms with E-state index in [9.17, 15) is 14.9 Å². The lowest BCUT2D eigenvalue weighted by atomic mass is 10.2. The molecule has 0 aromatic heterocycles. The molecule has 37 heavy (non-hydrogen) atoms. The summed E-state index contributed by atoms with van der Waals surface area (Å²) in [5.74, 6) is 2.79. The standard InChI is InChI=1S/C25H21Cl2N3O5S2/c26-21-11-17(12-22(27)24(21)35-14-16-1-5-19(6-2-16)30(32)33)13-28-29-23(31)15-34-20-7-3-18(4-8-20)25-36-9-10-37-25/h1-8,11-13,25H,9-10,14-15H2,(H,29,31)/b28-13-. The molecule has 1 heterocycles. The number of nitrogens with zero attached hydrogens (tertiary/aromatic N) is 2. The van der Waals surface area contributed by atoms with Gasteiger partial charge in [-0.15, -0.1) is 23.5 Å². The van der Waals surface area contributed by atoms with Crippen molar-refractivity contribution in [3.8, 4) is 11.5 Å². The van der Waals surface area contributed by atoms with E-state index in [0.717, 1.165) is 17.1 Å². The number of nitro benzene ring substituents is 1. The topological polar surface area (TPSA) is 103 Å². The van der Waals surface area contributed by atoms with Gasteiger partial charge in [-0.2, -0.15) is 5.10 Å². The van der Waals surface area contributed by atoms with Gasteiger partial charge >= 0.3 is 0 Å². The summed E-state index contributed by atoms with van der Waals surface area (Å²) in [4.78, 5) is 22.4. The molecule has 8 nitrogen and oxygen atoms in total. The Morgan fingerprint density at radius 1 is 1.05 bits per heavy atom. The molecule has 1 aliphatic rings. The van der Waals surface area contributed by atoms with Crippen molar-refractivity contribution in [2.24, 2.45) is 5.10 Å². The maximum Gasteiger partial charge on any atom is 0.277 e. The number of ether oxygens (including phenoxy) is 2. The van der Waals surface area contributed by atoms with Gasteiger partial charge in [0.05, 0.1) is 25.8 Å². The first-order valence-corrected chi connectivity index (χ1v) is 13.9. The maximum atomic E-state index is 12.1. The lowest BCUT2D eigenvalue weighted by Crippen LogP contribution is -2.24. The number of carbonyl (C=O) groups is 1. The highest BCUT2D eigenvalue weighted by Gasteiger charge is 2.18. The zero-order valence-electron chi connectivity index (χ0n) is 19.3. The van der Waals surface area contributed by atoms with Crippen molar-refractivity contribution >= 4 is 64.5 Å². The molecule has 0 aliphatic carbocycles. The van der Waals surface area contributed by atoms with Crippen LogP contribution in [0.1, 0.15) is 21.3 Å². The highest BCUT2D eigenvalue weighted by atomic mass is 35.5. The number of hydrogen-bond acceptors (Lipinski definition) is 8. The predicted molar refractivity (Wildman–Crippen MR) is 149 cm³/mol. The van der Waals surface area contributed by atoms with Crippen molar-refractivity contribution in [2.45, 2.75) is 11.2 Å². The Bertz CT molecular complexity index is 1260. The van der Waals surface area contributed by atoms with Crippen molar-refractivity contribution in [1.29, 1.82) is 0 Å². The summed E-state index contributed by atoms with van der Waals surface area (Å²) in [7, 11) is 0. The number of benzene rings is 3. The van der Waals surface area contributed by atoms with Crippen molar-refractivity contribution in [2.75, 3.05) is 18.1 Å². The first kappa shape index (κ1) is 27.1. The molecule has 0 unspecified atom stereocenters. The number of nitrogens with one attached hydrogen (secondary N) is 1. The molecular formula is C25H21Cl2N3O5S2. The van der Waals surface area contributed by atoms with Crippen LogP contribution in [-0.2, 0) is 11.4 Å². The Balaban J connectivity index is 1.25. The van der Waals surface area contributed by atoms with Crippen LogP contribution in [0.2, 0.25) is 10.0 Å². The van der Waals surface area contributed by atoms with E-state index < -0.39 is 10.8 Å². The molecule has 3 aromatic rings. The number of carbonyl (C=O) groups excluding carboxylic acids is 1. The van der Waals surface area contributed by atoms with Gasteiger partial charge in [0.2, 0.25) is 0 Å². The fraction of sp³-hybridized carbons (Fsp3) is 0.200. The largest absolute Gasteiger partial charge is 0.486 e. The van der Waals surface area contributed by atoms with E-state index in [1.54, 1.807) is 24.3 Å². The molecule has 1 N–H and O–H groups in total. The summed E-state index contributed by atoms with van der Waals surface area (Å²) >= 11 is 16.5. The Morgan fingerprint density at radius 2 is 1.70 bits per heavy atom. The number of nitro groups is 1. The molecule has 1 saturated heterocycles. The van der Waals surface area contributed by atoms with Gasteiger partial charge in [0.15, 0.2) is 12.4 Å². The number of rotatable bonds is 10. The fourth-order valence-corrected chi connectivity index (χ4v) is 6.77. The number of thioether (sulfide) groups is 2. The minimum atomic E-state index is -0.470. The zero-order valence-corrected chi connectivity index (χ0v) is 22.4. The second-order valence-corrected chi connectivity index (χ2v) is 11.3. The number of non-ortho nitro benzene ring substituents is 1. The molecule has 1 aliphatic heterocycles. The van der Waals surface area contributed by atoms with E-state index in [-0.39, 0.29) is 34.7 Å². The SMILES string of the molecule is O=C(COc1ccc(C2SCCS2)cc1)N/N=C\c1cc(Cl)c(OCc2ccc([N+](=O)[O-])cc2)c(Cl)c1. The van der Waals surface area contributed by atoms with Gasteiger partial charge in [-0.1, -0.05) is 35.3 Å². The van der Waals surface area contributed by atoms with Crippen LogP contribution in [0.15, 0.2) is 65.8 Å². The molecule has 4 rings (SSSR count). The van der Waals surface area contributed by atoms with Gasteiger partial charge in [-0.3, -0.25) is 14.9 Å². The summed E-state index contributed by atoms with van der Waals surface area (Å²) in [5.41, 5.74) is 4.91. The summed E-state index contributed by atoms with van der Waals surface area (Å²) < 4.78 is 11.7. The van der Waals surface area contributed by atoms with Crippen LogP contribution < -0.4 is 14.9 Å². The van der Waals surface area contributed by atoms with Crippen LogP contribution in [0, 0.1) is 10.1 Å².